The number of hydrogen-bond donors (Lipinski definition) is 0. The van der Waals surface area contributed by atoms with Crippen molar-refractivity contribution in [2.45, 2.75) is 26.2 Å². The Kier molecular flexibility index (Phi) is 2.63. The molecule has 0 amide bonds. The molecule has 11 heavy (non-hydrogen) atoms. The fourth-order valence-corrected chi connectivity index (χ4v) is 1.27. The monoisotopic (exact) mass is 156 g/mol. The number of carbonyl (C=O) groups is 2. The number of esters is 1. The van der Waals surface area contributed by atoms with Gasteiger partial charge in [0.15, 0.2) is 0 Å². The Morgan fingerprint density at radius 1 is 1.73 bits per heavy atom. The largest absolute Gasteiger partial charge is 0.466 e. The Morgan fingerprint density at radius 3 is 2.91 bits per heavy atom. The number of Topliss-reactive ketones (excluding diaryl/α,β-unsaturated/α-hetero) is 1. The molecule has 1 aliphatic carbocycles. The molecule has 0 heterocycles. The second kappa shape index (κ2) is 3.51. The molecule has 3 heteroatoms. The van der Waals surface area contributed by atoms with Crippen molar-refractivity contribution in [2.75, 3.05) is 6.61 Å². The summed E-state index contributed by atoms with van der Waals surface area (Å²) in [5.41, 5.74) is 0. The highest BCUT2D eigenvalue weighted by Crippen LogP contribution is 2.21. The van der Waals surface area contributed by atoms with Gasteiger partial charge in [0.05, 0.1) is 6.61 Å². The van der Waals surface area contributed by atoms with E-state index in [0.29, 0.717) is 25.2 Å². The van der Waals surface area contributed by atoms with Crippen molar-refractivity contribution >= 4 is 11.8 Å². The van der Waals surface area contributed by atoms with Crippen molar-refractivity contribution in [3.63, 3.8) is 0 Å². The average molecular weight is 156 g/mol. The average Bonchev–Trinajstić information content (AvgIpc) is 2.31. The summed E-state index contributed by atoms with van der Waals surface area (Å²) in [7, 11) is 0. The van der Waals surface area contributed by atoms with E-state index in [1.807, 2.05) is 0 Å². The molecule has 1 atom stereocenters. The fraction of sp³-hybridized carbons (Fsp3) is 0.750. The van der Waals surface area contributed by atoms with E-state index in [1.165, 1.54) is 6.92 Å². The molecule has 0 bridgehead atoms. The van der Waals surface area contributed by atoms with Crippen LogP contribution in [0.15, 0.2) is 0 Å². The van der Waals surface area contributed by atoms with Gasteiger partial charge in [0, 0.05) is 25.7 Å². The van der Waals surface area contributed by atoms with Crippen LogP contribution in [-0.2, 0) is 14.3 Å². The highest BCUT2D eigenvalue weighted by molar-refractivity contribution is 5.80. The minimum Gasteiger partial charge on any atom is -0.466 e. The van der Waals surface area contributed by atoms with Crippen molar-refractivity contribution in [1.82, 2.24) is 0 Å². The van der Waals surface area contributed by atoms with Gasteiger partial charge in [-0.2, -0.15) is 0 Å². The molecule has 0 aliphatic heterocycles. The standard InChI is InChI=1S/C8H12O3/c1-6(9)11-5-7-2-3-8(10)4-7/h7H,2-5H2,1H3/t7-/m1/s1. The van der Waals surface area contributed by atoms with Gasteiger partial charge in [-0.3, -0.25) is 9.59 Å². The second-order valence-corrected chi connectivity index (χ2v) is 2.95. The quantitative estimate of drug-likeness (QED) is 0.558. The van der Waals surface area contributed by atoms with Gasteiger partial charge in [0.2, 0.25) is 0 Å². The summed E-state index contributed by atoms with van der Waals surface area (Å²) in [5, 5.41) is 0. The maximum atomic E-state index is 10.8. The summed E-state index contributed by atoms with van der Waals surface area (Å²) < 4.78 is 4.78. The summed E-state index contributed by atoms with van der Waals surface area (Å²) in [6, 6.07) is 0. The van der Waals surface area contributed by atoms with Crippen LogP contribution in [0.5, 0.6) is 0 Å². The van der Waals surface area contributed by atoms with E-state index in [2.05, 4.69) is 0 Å². The Bertz CT molecular complexity index is 174. The summed E-state index contributed by atoms with van der Waals surface area (Å²) in [5.74, 6) is 0.318. The Balaban J connectivity index is 2.18. The lowest BCUT2D eigenvalue weighted by Gasteiger charge is -2.06. The predicted molar refractivity (Wildman–Crippen MR) is 39.0 cm³/mol. The zero-order valence-electron chi connectivity index (χ0n) is 6.63. The molecular formula is C8H12O3. The Hall–Kier alpha value is -0.860. The molecule has 0 aromatic heterocycles. The van der Waals surface area contributed by atoms with Gasteiger partial charge in [0.1, 0.15) is 5.78 Å². The molecule has 1 fully saturated rings. The van der Waals surface area contributed by atoms with Crippen LogP contribution in [0, 0.1) is 5.92 Å². The van der Waals surface area contributed by atoms with Crippen LogP contribution in [0.2, 0.25) is 0 Å². The number of carbonyl (C=O) groups excluding carboxylic acids is 2. The topological polar surface area (TPSA) is 43.4 Å². The molecule has 0 spiro atoms. The van der Waals surface area contributed by atoms with Gasteiger partial charge >= 0.3 is 5.97 Å². The summed E-state index contributed by atoms with van der Waals surface area (Å²) in [6.07, 6.45) is 2.13. The zero-order chi connectivity index (χ0) is 8.27. The molecule has 1 rings (SSSR count). The van der Waals surface area contributed by atoms with Crippen molar-refractivity contribution in [2.24, 2.45) is 5.92 Å². The van der Waals surface area contributed by atoms with Gasteiger partial charge in [-0.1, -0.05) is 0 Å². The third-order valence-corrected chi connectivity index (χ3v) is 1.87. The third-order valence-electron chi connectivity index (χ3n) is 1.87. The van der Waals surface area contributed by atoms with Crippen LogP contribution in [0.4, 0.5) is 0 Å². The van der Waals surface area contributed by atoms with Crippen LogP contribution in [0.25, 0.3) is 0 Å². The maximum absolute atomic E-state index is 10.8. The minimum atomic E-state index is -0.260. The van der Waals surface area contributed by atoms with E-state index < -0.39 is 0 Å². The Morgan fingerprint density at radius 2 is 2.45 bits per heavy atom. The molecule has 0 aromatic carbocycles. The van der Waals surface area contributed by atoms with Gasteiger partial charge < -0.3 is 4.74 Å². The third kappa shape index (κ3) is 2.70. The van der Waals surface area contributed by atoms with Crippen LogP contribution in [0.1, 0.15) is 26.2 Å². The van der Waals surface area contributed by atoms with Gasteiger partial charge in [-0.05, 0) is 6.42 Å². The molecule has 1 aliphatic rings. The van der Waals surface area contributed by atoms with Crippen molar-refractivity contribution in [3.05, 3.63) is 0 Å². The second-order valence-electron chi connectivity index (χ2n) is 2.95. The molecular weight excluding hydrogens is 144 g/mol. The molecule has 0 saturated heterocycles. The summed E-state index contributed by atoms with van der Waals surface area (Å²) in [6.45, 7) is 1.80. The van der Waals surface area contributed by atoms with E-state index in [4.69, 9.17) is 4.74 Å². The van der Waals surface area contributed by atoms with E-state index in [0.717, 1.165) is 6.42 Å². The SMILES string of the molecule is CC(=O)OC[C@@H]1CCC(=O)C1. The first-order chi connectivity index (χ1) is 5.18. The maximum Gasteiger partial charge on any atom is 0.302 e. The first-order valence-electron chi connectivity index (χ1n) is 3.83. The van der Waals surface area contributed by atoms with Crippen molar-refractivity contribution < 1.29 is 14.3 Å². The van der Waals surface area contributed by atoms with Crippen LogP contribution in [0.3, 0.4) is 0 Å². The zero-order valence-corrected chi connectivity index (χ0v) is 6.63. The molecule has 0 N–H and O–H groups in total. The number of ketones is 1. The molecule has 1 saturated carbocycles. The van der Waals surface area contributed by atoms with E-state index >= 15 is 0 Å². The Labute approximate surface area is 65.7 Å². The van der Waals surface area contributed by atoms with Crippen molar-refractivity contribution in [1.29, 1.82) is 0 Å². The number of ether oxygens (including phenoxy) is 1. The van der Waals surface area contributed by atoms with Gasteiger partial charge in [-0.25, -0.2) is 0 Å². The van der Waals surface area contributed by atoms with Crippen LogP contribution >= 0.6 is 0 Å². The molecule has 62 valence electrons. The fourth-order valence-electron chi connectivity index (χ4n) is 1.27. The summed E-state index contributed by atoms with van der Waals surface area (Å²) >= 11 is 0. The van der Waals surface area contributed by atoms with E-state index in [-0.39, 0.29) is 11.9 Å². The molecule has 3 nitrogen and oxygen atoms in total. The van der Waals surface area contributed by atoms with Crippen LogP contribution in [-0.4, -0.2) is 18.4 Å². The first kappa shape index (κ1) is 8.24. The highest BCUT2D eigenvalue weighted by Gasteiger charge is 2.22. The van der Waals surface area contributed by atoms with Gasteiger partial charge in [0.25, 0.3) is 0 Å². The molecule has 0 radical (unpaired) electrons. The van der Waals surface area contributed by atoms with E-state index in [9.17, 15) is 9.59 Å². The predicted octanol–water partition coefficient (Wildman–Crippen LogP) is 0.919. The lowest BCUT2D eigenvalue weighted by molar-refractivity contribution is -0.142. The number of rotatable bonds is 2. The normalized spacial score (nSPS) is 23.7. The summed E-state index contributed by atoms with van der Waals surface area (Å²) in [4.78, 5) is 21.1. The highest BCUT2D eigenvalue weighted by atomic mass is 16.5. The van der Waals surface area contributed by atoms with Gasteiger partial charge in [-0.15, -0.1) is 0 Å². The smallest absolute Gasteiger partial charge is 0.302 e. The molecule has 0 aromatic rings. The molecule has 0 unspecified atom stereocenters. The van der Waals surface area contributed by atoms with Crippen LogP contribution < -0.4 is 0 Å². The lowest BCUT2D eigenvalue weighted by Crippen LogP contribution is -2.09. The number of hydrogen-bond acceptors (Lipinski definition) is 3. The first-order valence-corrected chi connectivity index (χ1v) is 3.83. The van der Waals surface area contributed by atoms with Crippen molar-refractivity contribution in [3.8, 4) is 0 Å². The minimum absolute atomic E-state index is 0.260. The lowest BCUT2D eigenvalue weighted by atomic mass is 10.1. The van der Waals surface area contributed by atoms with E-state index in [1.54, 1.807) is 0 Å².